The molecule has 0 bridgehead atoms. The average molecular weight is 248 g/mol. The van der Waals surface area contributed by atoms with Crippen LogP contribution in [-0.4, -0.2) is 18.7 Å². The van der Waals surface area contributed by atoms with Gasteiger partial charge in [-0.3, -0.25) is 4.79 Å². The number of nitrogens with one attached hydrogen (secondary N) is 1. The van der Waals surface area contributed by atoms with Gasteiger partial charge < -0.3 is 5.32 Å². The zero-order valence-corrected chi connectivity index (χ0v) is 9.79. The highest BCUT2D eigenvalue weighted by molar-refractivity contribution is 7.99. The molecule has 1 aromatic carbocycles. The largest absolute Gasteiger partial charge is 0.358 e. The Morgan fingerprint density at radius 1 is 1.60 bits per heavy atom. The quantitative estimate of drug-likeness (QED) is 0.886. The Labute approximate surface area is 97.2 Å². The maximum atomic E-state index is 13.3. The van der Waals surface area contributed by atoms with Gasteiger partial charge in [-0.25, -0.2) is 4.39 Å². The highest BCUT2D eigenvalue weighted by Crippen LogP contribution is 2.19. The lowest BCUT2D eigenvalue weighted by Gasteiger charge is -2.03. The molecule has 1 rings (SSSR count). The zero-order chi connectivity index (χ0) is 11.3. The molecule has 5 heteroatoms. The van der Waals surface area contributed by atoms with E-state index in [1.807, 2.05) is 0 Å². The van der Waals surface area contributed by atoms with Gasteiger partial charge in [-0.05, 0) is 17.7 Å². The molecule has 0 saturated carbocycles. The van der Waals surface area contributed by atoms with E-state index in [0.29, 0.717) is 22.1 Å². The van der Waals surface area contributed by atoms with Crippen molar-refractivity contribution in [3.8, 4) is 0 Å². The number of carbonyl (C=O) groups is 1. The molecule has 2 nitrogen and oxygen atoms in total. The van der Waals surface area contributed by atoms with Gasteiger partial charge in [0.15, 0.2) is 0 Å². The Bertz CT molecular complexity index is 359. The molecule has 1 amide bonds. The van der Waals surface area contributed by atoms with E-state index in [1.165, 1.54) is 17.8 Å². The summed E-state index contributed by atoms with van der Waals surface area (Å²) < 4.78 is 13.3. The Balaban J connectivity index is 2.47. The fourth-order valence-corrected chi connectivity index (χ4v) is 2.01. The molecular weight excluding hydrogens is 237 g/mol. The molecule has 0 aliphatic heterocycles. The second kappa shape index (κ2) is 5.98. The molecule has 0 fully saturated rings. The summed E-state index contributed by atoms with van der Waals surface area (Å²) in [5.41, 5.74) is 0.563. The van der Waals surface area contributed by atoms with Gasteiger partial charge in [0.05, 0.1) is 5.75 Å². The fraction of sp³-hybridized carbons (Fsp3) is 0.300. The third-order valence-electron chi connectivity index (χ3n) is 1.78. The first-order valence-corrected chi connectivity index (χ1v) is 5.89. The lowest BCUT2D eigenvalue weighted by atomic mass is 10.2. The minimum absolute atomic E-state index is 0.0608. The lowest BCUT2D eigenvalue weighted by Crippen LogP contribution is -2.19. The summed E-state index contributed by atoms with van der Waals surface area (Å²) in [6, 6.07) is 4.55. The van der Waals surface area contributed by atoms with Crippen molar-refractivity contribution < 1.29 is 9.18 Å². The smallest absolute Gasteiger partial charge is 0.229 e. The van der Waals surface area contributed by atoms with E-state index in [1.54, 1.807) is 19.2 Å². The monoisotopic (exact) mass is 247 g/mol. The van der Waals surface area contributed by atoms with Crippen LogP contribution in [0, 0.1) is 5.82 Å². The van der Waals surface area contributed by atoms with Gasteiger partial charge in [-0.15, -0.1) is 11.8 Å². The van der Waals surface area contributed by atoms with Gasteiger partial charge in [0, 0.05) is 17.8 Å². The van der Waals surface area contributed by atoms with Crippen molar-refractivity contribution in [2.45, 2.75) is 5.75 Å². The number of rotatable bonds is 4. The van der Waals surface area contributed by atoms with E-state index < -0.39 is 0 Å². The first-order valence-electron chi connectivity index (χ1n) is 4.35. The molecule has 0 unspecified atom stereocenters. The number of amides is 1. The molecule has 1 N–H and O–H groups in total. The number of carbonyl (C=O) groups excluding carboxylic acids is 1. The van der Waals surface area contributed by atoms with E-state index in [0.717, 1.165) is 0 Å². The molecule has 0 aliphatic carbocycles. The van der Waals surface area contributed by atoms with Crippen LogP contribution >= 0.6 is 23.4 Å². The number of hydrogen-bond donors (Lipinski definition) is 1. The summed E-state index contributed by atoms with van der Waals surface area (Å²) in [7, 11) is 1.58. The summed E-state index contributed by atoms with van der Waals surface area (Å²) >= 11 is 6.98. The van der Waals surface area contributed by atoms with E-state index in [9.17, 15) is 9.18 Å². The summed E-state index contributed by atoms with van der Waals surface area (Å²) in [5, 5.41) is 2.88. The minimum Gasteiger partial charge on any atom is -0.358 e. The van der Waals surface area contributed by atoms with E-state index in [4.69, 9.17) is 11.6 Å². The molecule has 15 heavy (non-hydrogen) atoms. The molecule has 1 aromatic rings. The predicted octanol–water partition coefficient (Wildman–Crippen LogP) is 2.46. The topological polar surface area (TPSA) is 29.1 Å². The number of thioether (sulfide) groups is 1. The fourth-order valence-electron chi connectivity index (χ4n) is 0.965. The summed E-state index contributed by atoms with van der Waals surface area (Å²) in [4.78, 5) is 10.9. The third-order valence-corrected chi connectivity index (χ3v) is 3.00. The SMILES string of the molecule is CNC(=O)CSCc1ccc(Cl)cc1F. The zero-order valence-electron chi connectivity index (χ0n) is 8.22. The van der Waals surface area contributed by atoms with Crippen molar-refractivity contribution in [3.05, 3.63) is 34.6 Å². The van der Waals surface area contributed by atoms with Gasteiger partial charge in [0.1, 0.15) is 5.82 Å². The highest BCUT2D eigenvalue weighted by atomic mass is 35.5. The number of halogens is 2. The Hall–Kier alpha value is -0.740. The lowest BCUT2D eigenvalue weighted by molar-refractivity contribution is -0.118. The highest BCUT2D eigenvalue weighted by Gasteiger charge is 2.04. The van der Waals surface area contributed by atoms with Crippen molar-refractivity contribution in [1.82, 2.24) is 5.32 Å². The standard InChI is InChI=1S/C10H11ClFNOS/c1-13-10(14)6-15-5-7-2-3-8(11)4-9(7)12/h2-4H,5-6H2,1H3,(H,13,14). The van der Waals surface area contributed by atoms with Crippen LogP contribution in [0.2, 0.25) is 5.02 Å². The maximum Gasteiger partial charge on any atom is 0.229 e. The van der Waals surface area contributed by atoms with Crippen LogP contribution in [0.3, 0.4) is 0 Å². The first-order chi connectivity index (χ1) is 7.13. The van der Waals surface area contributed by atoms with E-state index in [2.05, 4.69) is 5.32 Å². The second-order valence-electron chi connectivity index (χ2n) is 2.90. The molecule has 0 saturated heterocycles. The van der Waals surface area contributed by atoms with Gasteiger partial charge in [0.25, 0.3) is 0 Å². The Morgan fingerprint density at radius 3 is 2.93 bits per heavy atom. The average Bonchev–Trinajstić information content (AvgIpc) is 2.21. The van der Waals surface area contributed by atoms with Crippen LogP contribution in [0.15, 0.2) is 18.2 Å². The van der Waals surface area contributed by atoms with E-state index >= 15 is 0 Å². The van der Waals surface area contributed by atoms with Gasteiger partial charge in [-0.1, -0.05) is 17.7 Å². The van der Waals surface area contributed by atoms with Crippen LogP contribution in [0.4, 0.5) is 4.39 Å². The first kappa shape index (κ1) is 12.3. The summed E-state index contributed by atoms with van der Waals surface area (Å²) in [5.74, 6) is 0.413. The molecule has 0 atom stereocenters. The van der Waals surface area contributed by atoms with Crippen molar-refractivity contribution in [2.24, 2.45) is 0 Å². The molecule has 0 aromatic heterocycles. The number of hydrogen-bond acceptors (Lipinski definition) is 2. The molecule has 0 aliphatic rings. The minimum atomic E-state index is -0.327. The van der Waals surface area contributed by atoms with Crippen molar-refractivity contribution in [1.29, 1.82) is 0 Å². The third kappa shape index (κ3) is 4.10. The second-order valence-corrected chi connectivity index (χ2v) is 4.32. The maximum absolute atomic E-state index is 13.3. The molecule has 0 spiro atoms. The van der Waals surface area contributed by atoms with Crippen LogP contribution in [0.25, 0.3) is 0 Å². The van der Waals surface area contributed by atoms with Gasteiger partial charge in [0.2, 0.25) is 5.91 Å². The van der Waals surface area contributed by atoms with Gasteiger partial charge in [-0.2, -0.15) is 0 Å². The van der Waals surface area contributed by atoms with Crippen LogP contribution in [-0.2, 0) is 10.5 Å². The van der Waals surface area contributed by atoms with Crippen LogP contribution in [0.5, 0.6) is 0 Å². The van der Waals surface area contributed by atoms with Crippen LogP contribution < -0.4 is 5.32 Å². The summed E-state index contributed by atoms with van der Waals surface area (Å²) in [6.07, 6.45) is 0. The Morgan fingerprint density at radius 2 is 2.33 bits per heavy atom. The van der Waals surface area contributed by atoms with Crippen molar-refractivity contribution in [3.63, 3.8) is 0 Å². The van der Waals surface area contributed by atoms with Crippen molar-refractivity contribution >= 4 is 29.3 Å². The van der Waals surface area contributed by atoms with Crippen molar-refractivity contribution in [2.75, 3.05) is 12.8 Å². The predicted molar refractivity (Wildman–Crippen MR) is 61.6 cm³/mol. The molecule has 0 heterocycles. The normalized spacial score (nSPS) is 10.1. The molecule has 0 radical (unpaired) electrons. The number of benzene rings is 1. The van der Waals surface area contributed by atoms with Crippen LogP contribution in [0.1, 0.15) is 5.56 Å². The summed E-state index contributed by atoms with van der Waals surface area (Å²) in [6.45, 7) is 0. The van der Waals surface area contributed by atoms with E-state index in [-0.39, 0.29) is 11.7 Å². The molecular formula is C10H11ClFNOS. The van der Waals surface area contributed by atoms with Gasteiger partial charge >= 0.3 is 0 Å². The molecule has 82 valence electrons. The Kier molecular flexibility index (Phi) is 4.91.